The summed E-state index contributed by atoms with van der Waals surface area (Å²) in [4.78, 5) is 2.30. The normalized spacial score (nSPS) is 14.4. The summed E-state index contributed by atoms with van der Waals surface area (Å²) in [7, 11) is 0. The monoisotopic (exact) mass is 280 g/mol. The molecule has 1 aromatic heterocycles. The molecule has 0 spiro atoms. The summed E-state index contributed by atoms with van der Waals surface area (Å²) in [6.45, 7) is 4.84. The fourth-order valence-electron chi connectivity index (χ4n) is 3.05. The molecule has 2 N–H and O–H groups in total. The number of nitriles is 1. The van der Waals surface area contributed by atoms with Gasteiger partial charge in [-0.05, 0) is 37.0 Å². The molecule has 1 aliphatic heterocycles. The molecule has 0 atom stereocenters. The number of aryl methyl sites for hydroxylation is 1. The zero-order chi connectivity index (χ0) is 14.8. The molecule has 0 amide bonds. The van der Waals surface area contributed by atoms with E-state index in [1.165, 1.54) is 24.0 Å². The third-order valence-electron chi connectivity index (χ3n) is 4.21. The van der Waals surface area contributed by atoms with Crippen LogP contribution in [0.4, 0.5) is 11.5 Å². The van der Waals surface area contributed by atoms with Crippen LogP contribution in [0.25, 0.3) is 0 Å². The van der Waals surface area contributed by atoms with E-state index < -0.39 is 0 Å². The van der Waals surface area contributed by atoms with Crippen molar-refractivity contribution < 1.29 is 0 Å². The third-order valence-corrected chi connectivity index (χ3v) is 4.21. The van der Waals surface area contributed by atoms with Gasteiger partial charge in [0.25, 0.3) is 0 Å². The second-order valence-corrected chi connectivity index (χ2v) is 5.63. The van der Waals surface area contributed by atoms with Gasteiger partial charge in [0.05, 0.1) is 12.2 Å². The van der Waals surface area contributed by atoms with Crippen molar-refractivity contribution in [2.24, 2.45) is 0 Å². The Morgan fingerprint density at radius 1 is 1.24 bits per heavy atom. The summed E-state index contributed by atoms with van der Waals surface area (Å²) in [5, 5.41) is 9.40. The fourth-order valence-corrected chi connectivity index (χ4v) is 3.05. The zero-order valence-electron chi connectivity index (χ0n) is 12.3. The van der Waals surface area contributed by atoms with Gasteiger partial charge in [0.2, 0.25) is 0 Å². The first-order valence-corrected chi connectivity index (χ1v) is 7.39. The number of benzene rings is 1. The minimum atomic E-state index is 0.637. The minimum absolute atomic E-state index is 0.637. The van der Waals surface area contributed by atoms with E-state index in [1.54, 1.807) is 6.07 Å². The van der Waals surface area contributed by atoms with Crippen molar-refractivity contribution in [2.75, 3.05) is 23.7 Å². The molecule has 3 rings (SSSR count). The van der Waals surface area contributed by atoms with Gasteiger partial charge in [-0.15, -0.1) is 0 Å². The Morgan fingerprint density at radius 3 is 2.62 bits per heavy atom. The number of nitrogens with two attached hydrogens (primary N) is 1. The van der Waals surface area contributed by atoms with Crippen molar-refractivity contribution in [1.29, 1.82) is 5.26 Å². The number of rotatable bonds is 3. The molecule has 0 unspecified atom stereocenters. The van der Waals surface area contributed by atoms with Crippen LogP contribution in [-0.4, -0.2) is 17.7 Å². The minimum Gasteiger partial charge on any atom is -0.396 e. The van der Waals surface area contributed by atoms with E-state index >= 15 is 0 Å². The van der Waals surface area contributed by atoms with E-state index in [4.69, 9.17) is 5.73 Å². The summed E-state index contributed by atoms with van der Waals surface area (Å²) >= 11 is 0. The van der Waals surface area contributed by atoms with Gasteiger partial charge >= 0.3 is 0 Å². The Bertz CT molecular complexity index is 687. The standard InChI is InChI=1S/C17H20N4/c1-13-6-2-3-7-14(13)12-21-15(11-18)10-16(19)17(21)20-8-4-5-9-20/h2-3,6-7,10H,4-5,8-9,12,19H2,1H3. The van der Waals surface area contributed by atoms with Crippen molar-refractivity contribution >= 4 is 11.5 Å². The number of hydrogen-bond acceptors (Lipinski definition) is 3. The predicted octanol–water partition coefficient (Wildman–Crippen LogP) is 2.90. The number of aromatic nitrogens is 1. The van der Waals surface area contributed by atoms with Gasteiger partial charge in [-0.3, -0.25) is 0 Å². The topological polar surface area (TPSA) is 58.0 Å². The summed E-state index contributed by atoms with van der Waals surface area (Å²) < 4.78 is 2.06. The van der Waals surface area contributed by atoms with Crippen LogP contribution in [0.2, 0.25) is 0 Å². The molecule has 108 valence electrons. The Balaban J connectivity index is 2.04. The van der Waals surface area contributed by atoms with Crippen molar-refractivity contribution in [3.8, 4) is 6.07 Å². The highest BCUT2D eigenvalue weighted by Gasteiger charge is 2.22. The lowest BCUT2D eigenvalue weighted by Crippen LogP contribution is -2.23. The molecule has 4 heteroatoms. The second kappa shape index (κ2) is 5.53. The van der Waals surface area contributed by atoms with E-state index in [9.17, 15) is 5.26 Å². The molecule has 4 nitrogen and oxygen atoms in total. The second-order valence-electron chi connectivity index (χ2n) is 5.63. The van der Waals surface area contributed by atoms with Gasteiger partial charge in [-0.2, -0.15) is 5.26 Å². The summed E-state index contributed by atoms with van der Waals surface area (Å²) in [5.74, 6) is 1.01. The van der Waals surface area contributed by atoms with Crippen molar-refractivity contribution in [3.05, 3.63) is 47.2 Å². The zero-order valence-corrected chi connectivity index (χ0v) is 12.3. The van der Waals surface area contributed by atoms with Gasteiger partial charge in [0.1, 0.15) is 17.6 Å². The molecule has 21 heavy (non-hydrogen) atoms. The number of nitrogen functional groups attached to an aromatic ring is 1. The maximum absolute atomic E-state index is 9.40. The van der Waals surface area contributed by atoms with Crippen molar-refractivity contribution in [3.63, 3.8) is 0 Å². The average Bonchev–Trinajstić information content (AvgIpc) is 3.09. The van der Waals surface area contributed by atoms with Crippen LogP contribution in [-0.2, 0) is 6.54 Å². The fraction of sp³-hybridized carbons (Fsp3) is 0.353. The molecule has 0 radical (unpaired) electrons. The van der Waals surface area contributed by atoms with E-state index in [2.05, 4.69) is 34.6 Å². The Hall–Kier alpha value is -2.41. The van der Waals surface area contributed by atoms with Gasteiger partial charge in [0, 0.05) is 13.1 Å². The summed E-state index contributed by atoms with van der Waals surface area (Å²) in [6.07, 6.45) is 2.38. The van der Waals surface area contributed by atoms with Crippen LogP contribution in [0, 0.1) is 18.3 Å². The first-order valence-electron chi connectivity index (χ1n) is 7.39. The highest BCUT2D eigenvalue weighted by molar-refractivity contribution is 5.68. The maximum atomic E-state index is 9.40. The Morgan fingerprint density at radius 2 is 1.95 bits per heavy atom. The van der Waals surface area contributed by atoms with Crippen LogP contribution in [0.3, 0.4) is 0 Å². The van der Waals surface area contributed by atoms with Crippen LogP contribution in [0.5, 0.6) is 0 Å². The molecule has 0 bridgehead atoms. The third kappa shape index (κ3) is 2.47. The quantitative estimate of drug-likeness (QED) is 0.940. The van der Waals surface area contributed by atoms with Crippen LogP contribution < -0.4 is 10.6 Å². The van der Waals surface area contributed by atoms with E-state index in [1.807, 2.05) is 12.1 Å². The smallest absolute Gasteiger partial charge is 0.133 e. The predicted molar refractivity (Wildman–Crippen MR) is 85.3 cm³/mol. The maximum Gasteiger partial charge on any atom is 0.133 e. The summed E-state index contributed by atoms with van der Waals surface area (Å²) in [5.41, 5.74) is 9.99. The molecule has 2 heterocycles. The largest absolute Gasteiger partial charge is 0.396 e. The molecule has 1 aromatic carbocycles. The Labute approximate surface area is 125 Å². The molecule has 1 saturated heterocycles. The molecule has 1 aliphatic rings. The first-order chi connectivity index (χ1) is 10.2. The van der Waals surface area contributed by atoms with Gasteiger partial charge < -0.3 is 15.2 Å². The lowest BCUT2D eigenvalue weighted by atomic mass is 10.1. The van der Waals surface area contributed by atoms with E-state index in [0.717, 1.165) is 18.9 Å². The lowest BCUT2D eigenvalue weighted by Gasteiger charge is -2.22. The number of anilines is 2. The van der Waals surface area contributed by atoms with Crippen LogP contribution >= 0.6 is 0 Å². The highest BCUT2D eigenvalue weighted by Crippen LogP contribution is 2.31. The summed E-state index contributed by atoms with van der Waals surface area (Å²) in [6, 6.07) is 12.4. The lowest BCUT2D eigenvalue weighted by molar-refractivity contribution is 0.758. The van der Waals surface area contributed by atoms with Crippen molar-refractivity contribution in [1.82, 2.24) is 4.57 Å². The Kier molecular flexibility index (Phi) is 3.57. The SMILES string of the molecule is Cc1ccccc1Cn1c(C#N)cc(N)c1N1CCCC1. The molecular formula is C17H20N4. The first kappa shape index (κ1) is 13.6. The molecule has 0 aliphatic carbocycles. The van der Waals surface area contributed by atoms with Crippen LogP contribution in [0.1, 0.15) is 29.7 Å². The number of nitrogens with zero attached hydrogens (tertiary/aromatic N) is 3. The van der Waals surface area contributed by atoms with Gasteiger partial charge in [-0.25, -0.2) is 0 Å². The number of hydrogen-bond donors (Lipinski definition) is 1. The van der Waals surface area contributed by atoms with Crippen molar-refractivity contribution in [2.45, 2.75) is 26.3 Å². The van der Waals surface area contributed by atoms with Gasteiger partial charge in [0.15, 0.2) is 0 Å². The average molecular weight is 280 g/mol. The van der Waals surface area contributed by atoms with E-state index in [0.29, 0.717) is 17.9 Å². The molecule has 0 saturated carbocycles. The van der Waals surface area contributed by atoms with Gasteiger partial charge in [-0.1, -0.05) is 24.3 Å². The van der Waals surface area contributed by atoms with E-state index in [-0.39, 0.29) is 0 Å². The highest BCUT2D eigenvalue weighted by atomic mass is 15.3. The molecular weight excluding hydrogens is 260 g/mol. The van der Waals surface area contributed by atoms with Crippen LogP contribution in [0.15, 0.2) is 30.3 Å². The molecule has 2 aromatic rings. The molecule has 1 fully saturated rings.